The van der Waals surface area contributed by atoms with Gasteiger partial charge in [-0.15, -0.1) is 23.1 Å². The number of hydrogen-bond acceptors (Lipinski definition) is 10. The summed E-state index contributed by atoms with van der Waals surface area (Å²) < 4.78 is 8.09. The summed E-state index contributed by atoms with van der Waals surface area (Å²) in [6.45, 7) is 6.02. The molecule has 5 aromatic rings. The zero-order chi connectivity index (χ0) is 42.6. The first-order valence-corrected chi connectivity index (χ1v) is 22.4. The summed E-state index contributed by atoms with van der Waals surface area (Å²) in [6, 6.07) is 33.3. The number of nitrogens with one attached hydrogen (secondary N) is 2. The van der Waals surface area contributed by atoms with Crippen LogP contribution < -0.4 is 15.2 Å². The second kappa shape index (κ2) is 17.9. The minimum atomic E-state index is -0.908. The maximum absolute atomic E-state index is 14.1. The first-order chi connectivity index (χ1) is 29.6. The Labute approximate surface area is 364 Å². The van der Waals surface area contributed by atoms with Crippen molar-refractivity contribution < 1.29 is 28.5 Å². The summed E-state index contributed by atoms with van der Waals surface area (Å²) in [5.74, 6) is -1.17. The quantitative estimate of drug-likeness (QED) is 0.0316. The van der Waals surface area contributed by atoms with E-state index in [1.54, 1.807) is 26.2 Å². The van der Waals surface area contributed by atoms with Gasteiger partial charge in [-0.05, 0) is 74.9 Å². The van der Waals surface area contributed by atoms with Gasteiger partial charge in [0.15, 0.2) is 29.3 Å². The number of amides is 2. The number of nitrogens with zero attached hydrogens (tertiary/aromatic N) is 4. The van der Waals surface area contributed by atoms with Crippen molar-refractivity contribution in [3.05, 3.63) is 171 Å². The molecule has 2 atom stereocenters. The zero-order valence-corrected chi connectivity index (χ0v) is 36.3. The van der Waals surface area contributed by atoms with Crippen LogP contribution in [0.4, 0.5) is 5.13 Å². The van der Waals surface area contributed by atoms with E-state index in [0.29, 0.717) is 22.3 Å². The van der Waals surface area contributed by atoms with Crippen LogP contribution >= 0.6 is 23.1 Å². The third kappa shape index (κ3) is 8.62. The number of rotatable bonds is 13. The topological polar surface area (TPSA) is 126 Å². The molecule has 0 radical (unpaired) electrons. The summed E-state index contributed by atoms with van der Waals surface area (Å²) in [5.41, 5.74) is 4.46. The normalized spacial score (nSPS) is 17.9. The van der Waals surface area contributed by atoms with Crippen LogP contribution in [0.1, 0.15) is 67.3 Å². The Hall–Kier alpha value is -6.05. The number of hydrogen-bond donors (Lipinski definition) is 2. The van der Waals surface area contributed by atoms with E-state index in [-0.39, 0.29) is 17.1 Å². The summed E-state index contributed by atoms with van der Waals surface area (Å²) in [6.07, 6.45) is 10.5. The maximum atomic E-state index is 14.1. The number of benzene rings is 3. The molecule has 312 valence electrons. The number of ether oxygens (including phenoxy) is 1. The van der Waals surface area contributed by atoms with Gasteiger partial charge >= 0.3 is 5.97 Å². The van der Waals surface area contributed by atoms with Gasteiger partial charge in [0.2, 0.25) is 0 Å². The van der Waals surface area contributed by atoms with E-state index in [1.807, 2.05) is 66.7 Å². The molecule has 3 aliphatic rings. The van der Waals surface area contributed by atoms with Crippen molar-refractivity contribution in [2.24, 2.45) is 5.16 Å². The molecule has 2 unspecified atom stereocenters. The second-order valence-corrected chi connectivity index (χ2v) is 18.0. The maximum Gasteiger partial charge on any atom is 0.356 e. The van der Waals surface area contributed by atoms with Crippen LogP contribution in [-0.4, -0.2) is 63.9 Å². The number of carbonyl (C=O) groups excluding carboxylic acids is 3. The lowest BCUT2D eigenvalue weighted by molar-refractivity contribution is -0.695. The van der Waals surface area contributed by atoms with Crippen molar-refractivity contribution >= 4 is 51.7 Å². The molecular formula is C48H49N6O5S2+. The lowest BCUT2D eigenvalue weighted by Gasteiger charge is -2.50. The monoisotopic (exact) mass is 853 g/mol. The van der Waals surface area contributed by atoms with Crippen LogP contribution in [0.2, 0.25) is 0 Å². The number of allylic oxidation sites excluding steroid dienone is 2. The molecule has 2 aliphatic heterocycles. The molecular weight excluding hydrogens is 805 g/mol. The van der Waals surface area contributed by atoms with E-state index < -0.39 is 41.0 Å². The molecule has 13 heteroatoms. The first kappa shape index (κ1) is 41.7. The Morgan fingerprint density at radius 2 is 1.56 bits per heavy atom. The van der Waals surface area contributed by atoms with Crippen molar-refractivity contribution in [1.82, 2.24) is 15.2 Å². The predicted molar refractivity (Wildman–Crippen MR) is 239 cm³/mol. The average molecular weight is 854 g/mol. The molecule has 2 amide bonds. The number of carbonyl (C=O) groups is 3. The Morgan fingerprint density at radius 1 is 0.918 bits per heavy atom. The van der Waals surface area contributed by atoms with Crippen molar-refractivity contribution in [3.8, 4) is 0 Å². The van der Waals surface area contributed by atoms with Crippen LogP contribution in [0.3, 0.4) is 0 Å². The lowest BCUT2D eigenvalue weighted by atomic mass is 9.77. The second-order valence-electron chi connectivity index (χ2n) is 16.1. The van der Waals surface area contributed by atoms with E-state index in [9.17, 15) is 14.4 Å². The Morgan fingerprint density at radius 3 is 2.18 bits per heavy atom. The highest BCUT2D eigenvalue weighted by Gasteiger charge is 2.54. The fourth-order valence-corrected chi connectivity index (χ4v) is 10.2. The molecule has 0 bridgehead atoms. The van der Waals surface area contributed by atoms with Crippen LogP contribution in [0.25, 0.3) is 0 Å². The van der Waals surface area contributed by atoms with Crippen molar-refractivity contribution in [1.29, 1.82) is 0 Å². The molecule has 0 saturated carbocycles. The molecule has 61 heavy (non-hydrogen) atoms. The van der Waals surface area contributed by atoms with Gasteiger partial charge in [-0.25, -0.2) is 9.78 Å². The summed E-state index contributed by atoms with van der Waals surface area (Å²) in [7, 11) is 1.36. The van der Waals surface area contributed by atoms with Crippen LogP contribution in [0.5, 0.6) is 0 Å². The van der Waals surface area contributed by atoms with Crippen LogP contribution in [-0.2, 0) is 48.9 Å². The summed E-state index contributed by atoms with van der Waals surface area (Å²) >= 11 is 2.79. The van der Waals surface area contributed by atoms with E-state index in [1.165, 1.54) is 59.2 Å². The van der Waals surface area contributed by atoms with Gasteiger partial charge in [0.25, 0.3) is 11.8 Å². The van der Waals surface area contributed by atoms with Gasteiger partial charge in [0, 0.05) is 34.1 Å². The highest BCUT2D eigenvalue weighted by molar-refractivity contribution is 8.03. The molecule has 3 aromatic carbocycles. The molecule has 1 fully saturated rings. The number of anilines is 1. The number of aromatic nitrogens is 2. The van der Waals surface area contributed by atoms with Crippen molar-refractivity contribution in [2.75, 3.05) is 18.2 Å². The average Bonchev–Trinajstić information content (AvgIpc) is 3.74. The molecule has 1 aliphatic carbocycles. The molecule has 2 N–H and O–H groups in total. The summed E-state index contributed by atoms with van der Waals surface area (Å²) in [4.78, 5) is 54.1. The summed E-state index contributed by atoms with van der Waals surface area (Å²) in [5, 5.41) is 13.0. The minimum absolute atomic E-state index is 0.0848. The molecule has 0 spiro atoms. The SMILES string of the molecule is CON=C(C(=O)NC1C(=O)N2C(C(=O)OC(C)(C)C)=C(/C=C/C[n+]3cccc4c3CCCC4)SCC12)c1csc(NC(c2ccccc2)(c2ccccc2)c2ccccc2)n1. The molecule has 2 aromatic heterocycles. The zero-order valence-electron chi connectivity index (χ0n) is 34.7. The molecule has 11 nitrogen and oxygen atoms in total. The number of pyridine rings is 1. The number of β-lactam (4-membered cyclic amide) rings is 1. The van der Waals surface area contributed by atoms with Crippen molar-refractivity contribution in [3.63, 3.8) is 0 Å². The standard InChI is InChI=1S/C48H48N6O5S2/c1-47(2,3)59-45(57)42-39(27-17-29-53-28-16-19-32-18-14-15-26-37(32)53)60-31-38-41(44(56)54(38)42)50-43(55)40(52-58-4)36-30-61-46(49-36)51-48(33-20-8-5-9-21-33,34-22-10-6-11-23-34)35-24-12-7-13-25-35/h5-13,16-17,19-25,27-28,30,38,41H,14-15,18,26,29,31H2,1-4H3,(H-,49,50,51,55)/p+1/b27-17+,52-40?. The van der Waals surface area contributed by atoms with Crippen LogP contribution in [0.15, 0.2) is 143 Å². The number of thiazole rings is 1. The Kier molecular flexibility index (Phi) is 12.2. The third-order valence-corrected chi connectivity index (χ3v) is 12.9. The van der Waals surface area contributed by atoms with Gasteiger partial charge in [0.1, 0.15) is 35.7 Å². The number of oxime groups is 1. The Balaban J connectivity index is 1.04. The molecule has 4 heterocycles. The fraction of sp³-hybridized carbons (Fsp3) is 0.292. The van der Waals surface area contributed by atoms with Gasteiger partial charge in [0.05, 0.1) is 6.04 Å². The number of esters is 1. The van der Waals surface area contributed by atoms with Gasteiger partial charge in [-0.2, -0.15) is 4.57 Å². The van der Waals surface area contributed by atoms with Gasteiger partial charge in [-0.1, -0.05) is 96.2 Å². The Bertz CT molecular complexity index is 2400. The van der Waals surface area contributed by atoms with Gasteiger partial charge in [-0.3, -0.25) is 14.5 Å². The molecule has 1 saturated heterocycles. The number of thioether (sulfide) groups is 1. The fourth-order valence-electron chi connectivity index (χ4n) is 8.27. The van der Waals surface area contributed by atoms with Gasteiger partial charge < -0.3 is 20.2 Å². The largest absolute Gasteiger partial charge is 0.455 e. The van der Waals surface area contributed by atoms with E-state index in [0.717, 1.165) is 29.5 Å². The number of aryl methyl sites for hydroxylation is 1. The van der Waals surface area contributed by atoms with E-state index >= 15 is 0 Å². The highest BCUT2D eigenvalue weighted by Crippen LogP contribution is 2.42. The lowest BCUT2D eigenvalue weighted by Crippen LogP contribution is -2.73. The number of fused-ring (bicyclic) bond motifs is 2. The minimum Gasteiger partial charge on any atom is -0.455 e. The van der Waals surface area contributed by atoms with E-state index in [4.69, 9.17) is 14.6 Å². The van der Waals surface area contributed by atoms with E-state index in [2.05, 4.69) is 75.1 Å². The van der Waals surface area contributed by atoms with Crippen molar-refractivity contribution in [2.45, 2.75) is 76.2 Å². The highest BCUT2D eigenvalue weighted by atomic mass is 32.2. The first-order valence-electron chi connectivity index (χ1n) is 20.5. The van der Waals surface area contributed by atoms with Crippen LogP contribution in [0, 0.1) is 0 Å². The molecule has 8 rings (SSSR count). The predicted octanol–water partition coefficient (Wildman–Crippen LogP) is 7.32. The third-order valence-electron chi connectivity index (χ3n) is 11.0. The smallest absolute Gasteiger partial charge is 0.356 e.